The first-order valence-corrected chi connectivity index (χ1v) is 10.7. The third-order valence-electron chi connectivity index (χ3n) is 4.38. The lowest BCUT2D eigenvalue weighted by molar-refractivity contribution is -0.132. The van der Waals surface area contributed by atoms with Crippen LogP contribution in [0.4, 0.5) is 0 Å². The van der Waals surface area contributed by atoms with Crippen molar-refractivity contribution in [3.63, 3.8) is 0 Å². The van der Waals surface area contributed by atoms with Crippen LogP contribution in [0.3, 0.4) is 0 Å². The van der Waals surface area contributed by atoms with Crippen molar-refractivity contribution in [3.8, 4) is 0 Å². The molecule has 0 fully saturated rings. The molecule has 4 heteroatoms. The first kappa shape index (κ1) is 27.6. The molecule has 0 aliphatic heterocycles. The third kappa shape index (κ3) is 26.8. The molecule has 0 aromatic heterocycles. The van der Waals surface area contributed by atoms with Crippen LogP contribution in [-0.2, 0) is 9.59 Å². The minimum absolute atomic E-state index is 0.0512. The summed E-state index contributed by atoms with van der Waals surface area (Å²) in [5, 5.41) is 10.7. The molecule has 0 heterocycles. The Balaban J connectivity index is 0. The second-order valence-electron chi connectivity index (χ2n) is 7.18. The molecule has 0 aliphatic carbocycles. The normalized spacial score (nSPS) is 9.85. The molecular formula is C23H43NO3. The highest BCUT2D eigenvalue weighted by Gasteiger charge is 1.95. The van der Waals surface area contributed by atoms with Crippen LogP contribution < -0.4 is 5.32 Å². The highest BCUT2D eigenvalue weighted by Crippen LogP contribution is 2.12. The first-order valence-electron chi connectivity index (χ1n) is 10.7. The Morgan fingerprint density at radius 1 is 0.815 bits per heavy atom. The van der Waals surface area contributed by atoms with E-state index < -0.39 is 5.97 Å². The van der Waals surface area contributed by atoms with Crippen LogP contribution in [0.2, 0.25) is 0 Å². The van der Waals surface area contributed by atoms with Gasteiger partial charge in [-0.15, -0.1) is 0 Å². The summed E-state index contributed by atoms with van der Waals surface area (Å²) < 4.78 is 0. The summed E-state index contributed by atoms with van der Waals surface area (Å²) in [6, 6.07) is 0. The largest absolute Gasteiger partial charge is 0.478 e. The number of nitrogens with one attached hydrogen (secondary N) is 1. The van der Waals surface area contributed by atoms with Crippen LogP contribution in [0.15, 0.2) is 24.8 Å². The quantitative estimate of drug-likeness (QED) is 0.226. The molecule has 158 valence electrons. The van der Waals surface area contributed by atoms with Gasteiger partial charge in [0.2, 0.25) is 5.91 Å². The van der Waals surface area contributed by atoms with Gasteiger partial charge in [-0.3, -0.25) is 4.79 Å². The molecule has 0 saturated carbocycles. The minimum atomic E-state index is -0.935. The molecule has 0 radical (unpaired) electrons. The van der Waals surface area contributed by atoms with Gasteiger partial charge in [0.05, 0.1) is 0 Å². The molecule has 0 spiro atoms. The molecule has 0 aliphatic rings. The smallest absolute Gasteiger partial charge is 0.330 e. The van der Waals surface area contributed by atoms with E-state index in [9.17, 15) is 9.59 Å². The van der Waals surface area contributed by atoms with Gasteiger partial charge in [-0.25, -0.2) is 4.79 Å². The summed E-state index contributed by atoms with van der Waals surface area (Å²) >= 11 is 0. The lowest BCUT2D eigenvalue weighted by Crippen LogP contribution is -2.21. The van der Waals surface area contributed by atoms with Crippen molar-refractivity contribution in [2.24, 2.45) is 0 Å². The van der Waals surface area contributed by atoms with Crippen molar-refractivity contribution in [2.45, 2.75) is 104 Å². The van der Waals surface area contributed by atoms with Crippen LogP contribution in [0.1, 0.15) is 104 Å². The van der Waals surface area contributed by atoms with Crippen molar-refractivity contribution < 1.29 is 14.7 Å². The molecule has 0 aromatic rings. The molecule has 4 nitrogen and oxygen atoms in total. The number of hydrogen-bond donors (Lipinski definition) is 2. The molecule has 0 rings (SSSR count). The van der Waals surface area contributed by atoms with E-state index >= 15 is 0 Å². The van der Waals surface area contributed by atoms with Crippen LogP contribution in [0, 0.1) is 0 Å². The Morgan fingerprint density at radius 2 is 1.15 bits per heavy atom. The summed E-state index contributed by atoms with van der Waals surface area (Å²) in [7, 11) is 0. The monoisotopic (exact) mass is 381 g/mol. The zero-order valence-corrected chi connectivity index (χ0v) is 17.9. The van der Waals surface area contributed by atoms with Gasteiger partial charge >= 0.3 is 5.97 Å². The lowest BCUT2D eigenvalue weighted by Gasteiger charge is -2.04. The average molecular weight is 382 g/mol. The number of rotatable bonds is 17. The van der Waals surface area contributed by atoms with E-state index in [2.05, 4.69) is 25.4 Å². The first-order chi connectivity index (χ1) is 13.0. The van der Waals surface area contributed by atoms with Gasteiger partial charge in [-0.1, -0.05) is 104 Å². The standard InChI is InChI=1S/C19H37NO.C4H6O2/c1-3-5-6-7-8-9-10-11-12-13-14-15-16-17-18-20-19(21)4-2;1-3(2)4(5)6/h4H,2-3,5-18H2,1H3,(H,20,21);1H2,2H3,(H,5,6). The van der Waals surface area contributed by atoms with Gasteiger partial charge in [0.1, 0.15) is 0 Å². The highest BCUT2D eigenvalue weighted by molar-refractivity contribution is 5.86. The fraction of sp³-hybridized carbons (Fsp3) is 0.739. The Morgan fingerprint density at radius 3 is 1.44 bits per heavy atom. The van der Waals surface area contributed by atoms with E-state index in [1.54, 1.807) is 0 Å². The Labute approximate surface area is 167 Å². The molecule has 1 amide bonds. The van der Waals surface area contributed by atoms with Gasteiger partial charge in [-0.05, 0) is 19.4 Å². The van der Waals surface area contributed by atoms with E-state index in [-0.39, 0.29) is 11.5 Å². The topological polar surface area (TPSA) is 66.4 Å². The van der Waals surface area contributed by atoms with Crippen molar-refractivity contribution in [1.82, 2.24) is 5.32 Å². The number of carbonyl (C=O) groups is 2. The van der Waals surface area contributed by atoms with Crippen molar-refractivity contribution in [1.29, 1.82) is 0 Å². The van der Waals surface area contributed by atoms with E-state index in [4.69, 9.17) is 5.11 Å². The van der Waals surface area contributed by atoms with Gasteiger partial charge in [0, 0.05) is 12.1 Å². The molecule has 0 bridgehead atoms. The molecule has 27 heavy (non-hydrogen) atoms. The van der Waals surface area contributed by atoms with Gasteiger partial charge in [0.25, 0.3) is 0 Å². The summed E-state index contributed by atoms with van der Waals surface area (Å²) in [5.74, 6) is -0.986. The predicted molar refractivity (Wildman–Crippen MR) is 116 cm³/mol. The van der Waals surface area contributed by atoms with E-state index in [1.807, 2.05) is 0 Å². The van der Waals surface area contributed by atoms with Crippen LogP contribution in [0.25, 0.3) is 0 Å². The maximum absolute atomic E-state index is 10.9. The highest BCUT2D eigenvalue weighted by atomic mass is 16.4. The number of carboxylic acid groups (broad SMARTS) is 1. The second kappa shape index (κ2) is 22.5. The van der Waals surface area contributed by atoms with Crippen LogP contribution in [0.5, 0.6) is 0 Å². The Kier molecular flexibility index (Phi) is 23.0. The number of carbonyl (C=O) groups excluding carboxylic acids is 1. The number of unbranched alkanes of at least 4 members (excludes halogenated alkanes) is 13. The van der Waals surface area contributed by atoms with Crippen LogP contribution in [-0.4, -0.2) is 23.5 Å². The maximum Gasteiger partial charge on any atom is 0.330 e. The van der Waals surface area contributed by atoms with E-state index in [1.165, 1.54) is 96.5 Å². The predicted octanol–water partition coefficient (Wildman–Crippen LogP) is 6.42. The minimum Gasteiger partial charge on any atom is -0.478 e. The van der Waals surface area contributed by atoms with E-state index in [0.29, 0.717) is 0 Å². The average Bonchev–Trinajstić information content (AvgIpc) is 2.65. The van der Waals surface area contributed by atoms with Gasteiger partial charge in [-0.2, -0.15) is 0 Å². The van der Waals surface area contributed by atoms with Gasteiger partial charge < -0.3 is 10.4 Å². The summed E-state index contributed by atoms with van der Waals surface area (Å²) in [6.45, 7) is 11.1. The number of hydrogen-bond acceptors (Lipinski definition) is 2. The SMILES string of the molecule is C=C(C)C(=O)O.C=CC(=O)NCCCCCCCCCCCCCCCC. The lowest BCUT2D eigenvalue weighted by atomic mass is 10.0. The number of carboxylic acids is 1. The number of aliphatic carboxylic acids is 1. The molecule has 0 saturated heterocycles. The zero-order chi connectivity index (χ0) is 20.8. The third-order valence-corrected chi connectivity index (χ3v) is 4.38. The zero-order valence-electron chi connectivity index (χ0n) is 17.9. The Bertz CT molecular complexity index is 379. The van der Waals surface area contributed by atoms with Gasteiger partial charge in [0.15, 0.2) is 0 Å². The summed E-state index contributed by atoms with van der Waals surface area (Å²) in [4.78, 5) is 20.5. The molecule has 0 atom stereocenters. The molecule has 0 unspecified atom stereocenters. The Hall–Kier alpha value is -1.58. The fourth-order valence-electron chi connectivity index (χ4n) is 2.60. The fourth-order valence-corrected chi connectivity index (χ4v) is 2.60. The summed E-state index contributed by atoms with van der Waals surface area (Å²) in [6.07, 6.45) is 20.5. The van der Waals surface area contributed by atoms with Crippen LogP contribution >= 0.6 is 0 Å². The second-order valence-corrected chi connectivity index (χ2v) is 7.18. The van der Waals surface area contributed by atoms with Crippen molar-refractivity contribution in [2.75, 3.05) is 6.54 Å². The summed E-state index contributed by atoms with van der Waals surface area (Å²) in [5.41, 5.74) is 0.176. The maximum atomic E-state index is 10.9. The molecule has 2 N–H and O–H groups in total. The molecule has 0 aromatic carbocycles. The molecular weight excluding hydrogens is 338 g/mol. The number of amides is 1. The van der Waals surface area contributed by atoms with Crippen molar-refractivity contribution in [3.05, 3.63) is 24.8 Å². The van der Waals surface area contributed by atoms with Crippen molar-refractivity contribution >= 4 is 11.9 Å². The van der Waals surface area contributed by atoms with E-state index in [0.717, 1.165) is 13.0 Å².